The molecule has 1 N–H and O–H groups in total. The zero-order valence-corrected chi connectivity index (χ0v) is 13.9. The fraction of sp³-hybridized carbons (Fsp3) is 0.400. The summed E-state index contributed by atoms with van der Waals surface area (Å²) >= 11 is 5.98. The summed E-state index contributed by atoms with van der Waals surface area (Å²) in [5.74, 6) is 0. The maximum Gasteiger partial charge on any atom is 0.0965 e. The van der Waals surface area contributed by atoms with Crippen LogP contribution >= 0.6 is 11.6 Å². The van der Waals surface area contributed by atoms with Gasteiger partial charge in [0.15, 0.2) is 0 Å². The third-order valence-electron chi connectivity index (χ3n) is 5.22. The van der Waals surface area contributed by atoms with Gasteiger partial charge in [-0.2, -0.15) is 0 Å². The first-order valence-corrected chi connectivity index (χ1v) is 8.81. The molecular formula is C20H22ClNO. The summed E-state index contributed by atoms with van der Waals surface area (Å²) < 4.78 is 6.58. The summed E-state index contributed by atoms with van der Waals surface area (Å²) in [4.78, 5) is 0. The lowest BCUT2D eigenvalue weighted by molar-refractivity contribution is -0.0928. The normalized spacial score (nSPS) is 29.6. The standard InChI is InChI=1S/C20H22ClNO/c21-17-8-6-15(7-9-17)14-23-20(16-4-2-1-3-5-16)12-18-10-11-19(13-20)22-18/h1-9,18-19,22H,10-14H2/t18-,19+,20?. The fourth-order valence-corrected chi connectivity index (χ4v) is 4.21. The van der Waals surface area contributed by atoms with Crippen LogP contribution in [-0.2, 0) is 16.9 Å². The van der Waals surface area contributed by atoms with Crippen molar-refractivity contribution in [3.05, 3.63) is 70.7 Å². The molecule has 23 heavy (non-hydrogen) atoms. The molecule has 0 amide bonds. The van der Waals surface area contributed by atoms with Crippen molar-refractivity contribution in [2.75, 3.05) is 0 Å². The third kappa shape index (κ3) is 3.16. The minimum absolute atomic E-state index is 0.169. The van der Waals surface area contributed by atoms with Gasteiger partial charge >= 0.3 is 0 Å². The van der Waals surface area contributed by atoms with Crippen molar-refractivity contribution < 1.29 is 4.74 Å². The highest BCUT2D eigenvalue weighted by molar-refractivity contribution is 6.30. The Hall–Kier alpha value is -1.35. The molecule has 2 fully saturated rings. The molecule has 2 aromatic carbocycles. The number of fused-ring (bicyclic) bond motifs is 2. The van der Waals surface area contributed by atoms with Crippen molar-refractivity contribution >= 4 is 11.6 Å². The van der Waals surface area contributed by atoms with E-state index in [1.54, 1.807) is 0 Å². The van der Waals surface area contributed by atoms with Gasteiger partial charge in [0, 0.05) is 17.1 Å². The molecule has 0 saturated carbocycles. The van der Waals surface area contributed by atoms with E-state index in [2.05, 4.69) is 47.8 Å². The molecular weight excluding hydrogens is 306 g/mol. The Labute approximate surface area is 142 Å². The van der Waals surface area contributed by atoms with Crippen molar-refractivity contribution in [1.29, 1.82) is 0 Å². The SMILES string of the molecule is Clc1ccc(COC2(c3ccccc3)C[C@H]3CC[C@@H](C2)N3)cc1. The largest absolute Gasteiger partial charge is 0.365 e. The quantitative estimate of drug-likeness (QED) is 0.881. The van der Waals surface area contributed by atoms with E-state index in [9.17, 15) is 0 Å². The van der Waals surface area contributed by atoms with E-state index in [1.165, 1.54) is 24.0 Å². The molecule has 0 aromatic heterocycles. The number of hydrogen-bond donors (Lipinski definition) is 1. The molecule has 3 heteroatoms. The van der Waals surface area contributed by atoms with E-state index in [0.29, 0.717) is 18.7 Å². The van der Waals surface area contributed by atoms with Crippen molar-refractivity contribution in [1.82, 2.24) is 5.32 Å². The van der Waals surface area contributed by atoms with Crippen LogP contribution in [0.4, 0.5) is 0 Å². The molecule has 3 atom stereocenters. The van der Waals surface area contributed by atoms with E-state index in [-0.39, 0.29) is 5.60 Å². The summed E-state index contributed by atoms with van der Waals surface area (Å²) in [5, 5.41) is 4.49. The van der Waals surface area contributed by atoms with E-state index in [4.69, 9.17) is 16.3 Å². The lowest BCUT2D eigenvalue weighted by atomic mass is 9.81. The first-order chi connectivity index (χ1) is 11.2. The van der Waals surface area contributed by atoms with Gasteiger partial charge in [-0.05, 0) is 48.9 Å². The zero-order chi connectivity index (χ0) is 15.7. The highest BCUT2D eigenvalue weighted by atomic mass is 35.5. The third-order valence-corrected chi connectivity index (χ3v) is 5.47. The van der Waals surface area contributed by atoms with Gasteiger partial charge in [0.05, 0.1) is 12.2 Å². The van der Waals surface area contributed by atoms with Gasteiger partial charge in [-0.3, -0.25) is 0 Å². The van der Waals surface area contributed by atoms with Crippen LogP contribution < -0.4 is 5.32 Å². The molecule has 2 saturated heterocycles. The molecule has 2 nitrogen and oxygen atoms in total. The predicted molar refractivity (Wildman–Crippen MR) is 93.5 cm³/mol. The van der Waals surface area contributed by atoms with Crippen LogP contribution in [0.1, 0.15) is 36.8 Å². The summed E-state index contributed by atoms with van der Waals surface area (Å²) in [6, 6.07) is 19.9. The second kappa shape index (κ2) is 6.27. The van der Waals surface area contributed by atoms with Crippen molar-refractivity contribution in [3.8, 4) is 0 Å². The molecule has 2 aliphatic rings. The second-order valence-corrected chi connectivity index (χ2v) is 7.26. The molecule has 2 bridgehead atoms. The number of piperidine rings is 1. The van der Waals surface area contributed by atoms with Crippen molar-refractivity contribution in [2.24, 2.45) is 0 Å². The Balaban J connectivity index is 1.59. The Morgan fingerprint density at radius 3 is 2.26 bits per heavy atom. The van der Waals surface area contributed by atoms with Crippen molar-refractivity contribution in [3.63, 3.8) is 0 Å². The average Bonchev–Trinajstić information content (AvgIpc) is 2.94. The number of halogens is 1. The van der Waals surface area contributed by atoms with Crippen LogP contribution in [0.15, 0.2) is 54.6 Å². The molecule has 0 radical (unpaired) electrons. The minimum atomic E-state index is -0.169. The molecule has 0 aliphatic carbocycles. The maximum absolute atomic E-state index is 6.58. The summed E-state index contributed by atoms with van der Waals surface area (Å²) in [5.41, 5.74) is 2.32. The second-order valence-electron chi connectivity index (χ2n) is 6.82. The zero-order valence-electron chi connectivity index (χ0n) is 13.2. The predicted octanol–water partition coefficient (Wildman–Crippen LogP) is 4.67. The monoisotopic (exact) mass is 327 g/mol. The van der Waals surface area contributed by atoms with Gasteiger partial charge in [0.1, 0.15) is 0 Å². The number of benzene rings is 2. The fourth-order valence-electron chi connectivity index (χ4n) is 4.08. The first kappa shape index (κ1) is 15.2. The number of hydrogen-bond acceptors (Lipinski definition) is 2. The topological polar surface area (TPSA) is 21.3 Å². The van der Waals surface area contributed by atoms with Gasteiger partial charge in [-0.25, -0.2) is 0 Å². The van der Waals surface area contributed by atoms with Crippen LogP contribution in [0.2, 0.25) is 5.02 Å². The molecule has 2 aromatic rings. The average molecular weight is 328 g/mol. The van der Waals surface area contributed by atoms with Gasteiger partial charge in [0.2, 0.25) is 0 Å². The smallest absolute Gasteiger partial charge is 0.0965 e. The summed E-state index contributed by atoms with van der Waals surface area (Å²) in [6.07, 6.45) is 4.65. The van der Waals surface area contributed by atoms with Gasteiger partial charge in [-0.15, -0.1) is 0 Å². The van der Waals surface area contributed by atoms with Gasteiger partial charge in [-0.1, -0.05) is 54.1 Å². The lowest BCUT2D eigenvalue weighted by Crippen LogP contribution is -2.48. The van der Waals surface area contributed by atoms with Crippen molar-refractivity contribution in [2.45, 2.75) is 50.0 Å². The lowest BCUT2D eigenvalue weighted by Gasteiger charge is -2.41. The molecule has 2 heterocycles. The number of nitrogens with one attached hydrogen (secondary N) is 1. The Morgan fingerprint density at radius 2 is 1.61 bits per heavy atom. The molecule has 2 aliphatic heterocycles. The molecule has 120 valence electrons. The summed E-state index contributed by atoms with van der Waals surface area (Å²) in [7, 11) is 0. The Morgan fingerprint density at radius 1 is 0.957 bits per heavy atom. The van der Waals surface area contributed by atoms with E-state index >= 15 is 0 Å². The number of rotatable bonds is 4. The number of ether oxygens (including phenoxy) is 1. The van der Waals surface area contributed by atoms with E-state index in [1.807, 2.05) is 12.1 Å². The first-order valence-electron chi connectivity index (χ1n) is 8.43. The molecule has 4 rings (SSSR count). The van der Waals surface area contributed by atoms with Crippen LogP contribution in [-0.4, -0.2) is 12.1 Å². The van der Waals surface area contributed by atoms with E-state index in [0.717, 1.165) is 17.9 Å². The Bertz CT molecular complexity index is 643. The van der Waals surface area contributed by atoms with E-state index < -0.39 is 0 Å². The molecule has 1 unspecified atom stereocenters. The molecule has 0 spiro atoms. The Kier molecular flexibility index (Phi) is 4.14. The highest BCUT2D eigenvalue weighted by Gasteiger charge is 2.45. The van der Waals surface area contributed by atoms with Gasteiger partial charge < -0.3 is 10.1 Å². The highest BCUT2D eigenvalue weighted by Crippen LogP contribution is 2.44. The van der Waals surface area contributed by atoms with Gasteiger partial charge in [0.25, 0.3) is 0 Å². The minimum Gasteiger partial charge on any atom is -0.365 e. The van der Waals surface area contributed by atoms with Crippen LogP contribution in [0.3, 0.4) is 0 Å². The summed E-state index contributed by atoms with van der Waals surface area (Å²) in [6.45, 7) is 0.630. The van der Waals surface area contributed by atoms with Crippen LogP contribution in [0, 0.1) is 0 Å². The maximum atomic E-state index is 6.58. The van der Waals surface area contributed by atoms with Crippen LogP contribution in [0.5, 0.6) is 0 Å². The van der Waals surface area contributed by atoms with Crippen LogP contribution in [0.25, 0.3) is 0 Å².